The van der Waals surface area contributed by atoms with Gasteiger partial charge >= 0.3 is 0 Å². The second-order valence-corrected chi connectivity index (χ2v) is 11.8. The molecule has 0 saturated carbocycles. The molecule has 0 spiro atoms. The van der Waals surface area contributed by atoms with Crippen LogP contribution in [-0.4, -0.2) is 50.9 Å². The standard InChI is InChI=1S/C29H34ClN3O5S/c1-20(2)31-29(35)22(4)32(18-23-8-14-26(38-5)15-9-23)28(34)19-33(25-12-6-21(3)7-13-25)39(36,37)27-16-10-24(30)11-17-27/h6-17,20,22H,18-19H2,1-5H3,(H,31,35). The third kappa shape index (κ3) is 7.74. The van der Waals surface area contributed by atoms with Crippen LogP contribution in [0.15, 0.2) is 77.7 Å². The first kappa shape index (κ1) is 30.0. The second-order valence-electron chi connectivity index (χ2n) is 9.51. The topological polar surface area (TPSA) is 96.0 Å². The van der Waals surface area contributed by atoms with E-state index in [1.54, 1.807) is 62.6 Å². The van der Waals surface area contributed by atoms with Crippen molar-refractivity contribution in [2.45, 2.75) is 51.2 Å². The highest BCUT2D eigenvalue weighted by Crippen LogP contribution is 2.26. The first-order chi connectivity index (χ1) is 18.4. The fraction of sp³-hybridized carbons (Fsp3) is 0.310. The fourth-order valence-electron chi connectivity index (χ4n) is 3.89. The van der Waals surface area contributed by atoms with Crippen LogP contribution < -0.4 is 14.4 Å². The fourth-order valence-corrected chi connectivity index (χ4v) is 5.43. The summed E-state index contributed by atoms with van der Waals surface area (Å²) in [7, 11) is -2.59. The second kappa shape index (κ2) is 13.0. The number of amides is 2. The Bertz CT molecular complexity index is 1380. The van der Waals surface area contributed by atoms with Crippen molar-refractivity contribution in [3.05, 3.63) is 88.9 Å². The van der Waals surface area contributed by atoms with Gasteiger partial charge in [0.2, 0.25) is 11.8 Å². The Morgan fingerprint density at radius 2 is 1.51 bits per heavy atom. The molecule has 3 rings (SSSR count). The summed E-state index contributed by atoms with van der Waals surface area (Å²) < 4.78 is 33.9. The zero-order valence-corrected chi connectivity index (χ0v) is 24.3. The minimum absolute atomic E-state index is 0.00687. The van der Waals surface area contributed by atoms with Crippen molar-refractivity contribution in [1.29, 1.82) is 0 Å². The van der Waals surface area contributed by atoms with Gasteiger partial charge in [-0.25, -0.2) is 8.42 Å². The average molecular weight is 572 g/mol. The van der Waals surface area contributed by atoms with Crippen molar-refractivity contribution < 1.29 is 22.7 Å². The van der Waals surface area contributed by atoms with Crippen molar-refractivity contribution in [3.63, 3.8) is 0 Å². The number of methoxy groups -OCH3 is 1. The van der Waals surface area contributed by atoms with Gasteiger partial charge in [0.15, 0.2) is 0 Å². The maximum atomic E-state index is 13.9. The number of hydrogen-bond donors (Lipinski definition) is 1. The molecule has 0 saturated heterocycles. The lowest BCUT2D eigenvalue weighted by Crippen LogP contribution is -2.52. The van der Waals surface area contributed by atoms with Crippen LogP contribution in [0.1, 0.15) is 31.9 Å². The number of carbonyl (C=O) groups is 2. The van der Waals surface area contributed by atoms with E-state index in [1.165, 1.54) is 29.2 Å². The minimum atomic E-state index is -4.15. The Balaban J connectivity index is 2.01. The SMILES string of the molecule is COc1ccc(CN(C(=O)CN(c2ccc(C)cc2)S(=O)(=O)c2ccc(Cl)cc2)C(C)C(=O)NC(C)C)cc1. The molecule has 1 N–H and O–H groups in total. The number of halogens is 1. The molecule has 8 nitrogen and oxygen atoms in total. The summed E-state index contributed by atoms with van der Waals surface area (Å²) in [6.45, 7) is 6.76. The Hall–Kier alpha value is -3.56. The van der Waals surface area contributed by atoms with E-state index in [4.69, 9.17) is 16.3 Å². The van der Waals surface area contributed by atoms with Crippen molar-refractivity contribution in [2.24, 2.45) is 0 Å². The number of nitrogens with zero attached hydrogens (tertiary/aromatic N) is 2. The third-order valence-corrected chi connectivity index (χ3v) is 8.15. The minimum Gasteiger partial charge on any atom is -0.497 e. The number of carbonyl (C=O) groups excluding carboxylic acids is 2. The lowest BCUT2D eigenvalue weighted by atomic mass is 10.1. The number of hydrogen-bond acceptors (Lipinski definition) is 5. The van der Waals surface area contributed by atoms with E-state index in [9.17, 15) is 18.0 Å². The molecule has 10 heteroatoms. The molecule has 0 aliphatic heterocycles. The number of aryl methyl sites for hydroxylation is 1. The van der Waals surface area contributed by atoms with Gasteiger partial charge in [-0.15, -0.1) is 0 Å². The molecule has 1 atom stereocenters. The first-order valence-electron chi connectivity index (χ1n) is 12.5. The van der Waals surface area contributed by atoms with Crippen molar-refractivity contribution >= 4 is 39.1 Å². The van der Waals surface area contributed by atoms with Crippen LogP contribution in [-0.2, 0) is 26.2 Å². The summed E-state index contributed by atoms with van der Waals surface area (Å²) in [5.41, 5.74) is 2.03. The van der Waals surface area contributed by atoms with E-state index in [-0.39, 0.29) is 23.4 Å². The Kier molecular flexibility index (Phi) is 9.99. The van der Waals surface area contributed by atoms with Crippen molar-refractivity contribution in [2.75, 3.05) is 18.0 Å². The van der Waals surface area contributed by atoms with Crippen LogP contribution in [0.2, 0.25) is 5.02 Å². The van der Waals surface area contributed by atoms with Gasteiger partial charge in [-0.1, -0.05) is 41.4 Å². The van der Waals surface area contributed by atoms with Gasteiger partial charge in [-0.05, 0) is 81.8 Å². The summed E-state index contributed by atoms with van der Waals surface area (Å²) in [4.78, 5) is 28.2. The number of anilines is 1. The molecule has 2 amide bonds. The van der Waals surface area contributed by atoms with Gasteiger partial charge in [0.1, 0.15) is 18.3 Å². The van der Waals surface area contributed by atoms with E-state index >= 15 is 0 Å². The van der Waals surface area contributed by atoms with Gasteiger partial charge in [-0.2, -0.15) is 0 Å². The zero-order chi connectivity index (χ0) is 28.7. The Morgan fingerprint density at radius 3 is 2.05 bits per heavy atom. The van der Waals surface area contributed by atoms with Crippen LogP contribution >= 0.6 is 11.6 Å². The van der Waals surface area contributed by atoms with Gasteiger partial charge in [0.25, 0.3) is 10.0 Å². The Labute approximate surface area is 235 Å². The molecule has 0 fully saturated rings. The number of benzene rings is 3. The van der Waals surface area contributed by atoms with E-state index in [0.29, 0.717) is 16.5 Å². The molecule has 0 radical (unpaired) electrons. The highest BCUT2D eigenvalue weighted by Gasteiger charge is 2.32. The molecule has 0 aromatic heterocycles. The number of rotatable bonds is 11. The summed E-state index contributed by atoms with van der Waals surface area (Å²) in [5, 5.41) is 3.23. The summed E-state index contributed by atoms with van der Waals surface area (Å²) in [6.07, 6.45) is 0. The normalized spacial score (nSPS) is 12.1. The third-order valence-electron chi connectivity index (χ3n) is 6.11. The molecular weight excluding hydrogens is 538 g/mol. The van der Waals surface area contributed by atoms with Crippen molar-refractivity contribution in [1.82, 2.24) is 10.2 Å². The van der Waals surface area contributed by atoms with Gasteiger partial charge in [0, 0.05) is 17.6 Å². The zero-order valence-electron chi connectivity index (χ0n) is 22.7. The summed E-state index contributed by atoms with van der Waals surface area (Å²) >= 11 is 5.98. The lowest BCUT2D eigenvalue weighted by molar-refractivity contribution is -0.139. The molecule has 3 aromatic rings. The molecule has 0 heterocycles. The Morgan fingerprint density at radius 1 is 0.923 bits per heavy atom. The maximum Gasteiger partial charge on any atom is 0.264 e. The number of ether oxygens (including phenoxy) is 1. The molecule has 0 aliphatic rings. The van der Waals surface area contributed by atoms with Crippen LogP contribution in [0.3, 0.4) is 0 Å². The lowest BCUT2D eigenvalue weighted by Gasteiger charge is -2.32. The van der Waals surface area contributed by atoms with Crippen LogP contribution in [0.5, 0.6) is 5.75 Å². The van der Waals surface area contributed by atoms with E-state index in [2.05, 4.69) is 5.32 Å². The molecule has 208 valence electrons. The maximum absolute atomic E-state index is 13.9. The molecule has 0 bridgehead atoms. The highest BCUT2D eigenvalue weighted by atomic mass is 35.5. The predicted molar refractivity (Wildman–Crippen MR) is 153 cm³/mol. The van der Waals surface area contributed by atoms with Crippen LogP contribution in [0, 0.1) is 6.92 Å². The van der Waals surface area contributed by atoms with Crippen LogP contribution in [0.4, 0.5) is 5.69 Å². The summed E-state index contributed by atoms with van der Waals surface area (Å²) in [6, 6.07) is 18.8. The molecule has 0 aliphatic carbocycles. The molecular formula is C29H34ClN3O5S. The highest BCUT2D eigenvalue weighted by molar-refractivity contribution is 7.92. The molecule has 1 unspecified atom stereocenters. The van der Waals surface area contributed by atoms with Gasteiger partial charge in [0.05, 0.1) is 17.7 Å². The quantitative estimate of drug-likeness (QED) is 0.357. The average Bonchev–Trinajstić information content (AvgIpc) is 2.90. The molecule has 39 heavy (non-hydrogen) atoms. The van der Waals surface area contributed by atoms with Gasteiger partial charge < -0.3 is 15.0 Å². The largest absolute Gasteiger partial charge is 0.497 e. The van der Waals surface area contributed by atoms with E-state index in [1.807, 2.05) is 20.8 Å². The molecule has 3 aromatic carbocycles. The smallest absolute Gasteiger partial charge is 0.264 e. The number of nitrogens with one attached hydrogen (secondary N) is 1. The predicted octanol–water partition coefficient (Wildman–Crippen LogP) is 4.79. The monoisotopic (exact) mass is 571 g/mol. The van der Waals surface area contributed by atoms with E-state index in [0.717, 1.165) is 15.4 Å². The number of sulfonamides is 1. The van der Waals surface area contributed by atoms with Gasteiger partial charge in [-0.3, -0.25) is 13.9 Å². The van der Waals surface area contributed by atoms with Crippen molar-refractivity contribution in [3.8, 4) is 5.75 Å². The van der Waals surface area contributed by atoms with E-state index < -0.39 is 28.5 Å². The van der Waals surface area contributed by atoms with Crippen LogP contribution in [0.25, 0.3) is 0 Å². The summed E-state index contributed by atoms with van der Waals surface area (Å²) in [5.74, 6) is -0.216. The first-order valence-corrected chi connectivity index (χ1v) is 14.3.